The lowest BCUT2D eigenvalue weighted by molar-refractivity contribution is 0.0149. The molecule has 0 rings (SSSR count). The third-order valence-electron chi connectivity index (χ3n) is 2.73. The monoisotopic (exact) mass is 144 g/mol. The predicted molar refractivity (Wildman–Crippen MR) is 44.9 cm³/mol. The van der Waals surface area contributed by atoms with E-state index in [1.165, 1.54) is 0 Å². The SMILES string of the molecule is CC[C@H](O)C(C)(C)C(C)C. The van der Waals surface area contributed by atoms with Crippen molar-refractivity contribution in [2.75, 3.05) is 0 Å². The van der Waals surface area contributed by atoms with E-state index in [1.54, 1.807) is 0 Å². The van der Waals surface area contributed by atoms with E-state index in [1.807, 2.05) is 6.92 Å². The predicted octanol–water partition coefficient (Wildman–Crippen LogP) is 2.44. The first-order valence-corrected chi connectivity index (χ1v) is 4.11. The molecule has 0 aromatic rings. The van der Waals surface area contributed by atoms with E-state index >= 15 is 0 Å². The quantitative estimate of drug-likeness (QED) is 0.645. The topological polar surface area (TPSA) is 20.2 Å². The molecule has 1 nitrogen and oxygen atoms in total. The molecule has 0 aliphatic heterocycles. The van der Waals surface area contributed by atoms with Crippen LogP contribution in [0.4, 0.5) is 0 Å². The maximum absolute atomic E-state index is 9.56. The zero-order chi connectivity index (χ0) is 8.36. The van der Waals surface area contributed by atoms with Crippen molar-refractivity contribution < 1.29 is 5.11 Å². The Bertz CT molecular complexity index is 94.9. The molecule has 62 valence electrons. The highest BCUT2D eigenvalue weighted by Gasteiger charge is 2.29. The van der Waals surface area contributed by atoms with Crippen LogP contribution in [0.3, 0.4) is 0 Å². The van der Waals surface area contributed by atoms with Crippen molar-refractivity contribution in [3.05, 3.63) is 0 Å². The third-order valence-corrected chi connectivity index (χ3v) is 2.73. The zero-order valence-corrected chi connectivity index (χ0v) is 7.81. The van der Waals surface area contributed by atoms with Crippen molar-refractivity contribution in [2.45, 2.75) is 47.1 Å². The summed E-state index contributed by atoms with van der Waals surface area (Å²) in [5.74, 6) is 0.544. The molecule has 0 aliphatic carbocycles. The fourth-order valence-corrected chi connectivity index (χ4v) is 0.911. The molecule has 0 saturated carbocycles. The van der Waals surface area contributed by atoms with Gasteiger partial charge in [0.25, 0.3) is 0 Å². The van der Waals surface area contributed by atoms with Crippen LogP contribution in [0.2, 0.25) is 0 Å². The van der Waals surface area contributed by atoms with Crippen LogP contribution < -0.4 is 0 Å². The van der Waals surface area contributed by atoms with Crippen molar-refractivity contribution in [2.24, 2.45) is 11.3 Å². The first kappa shape index (κ1) is 9.96. The highest BCUT2D eigenvalue weighted by atomic mass is 16.3. The Labute approximate surface area is 64.5 Å². The van der Waals surface area contributed by atoms with Crippen molar-refractivity contribution in [1.29, 1.82) is 0 Å². The minimum Gasteiger partial charge on any atom is -0.393 e. The van der Waals surface area contributed by atoms with Gasteiger partial charge < -0.3 is 5.11 Å². The Morgan fingerprint density at radius 2 is 1.70 bits per heavy atom. The van der Waals surface area contributed by atoms with Crippen LogP contribution in [0, 0.1) is 11.3 Å². The molecule has 0 unspecified atom stereocenters. The van der Waals surface area contributed by atoms with Gasteiger partial charge in [-0.05, 0) is 17.8 Å². The molecule has 0 aromatic heterocycles. The second kappa shape index (κ2) is 3.38. The number of hydrogen-bond donors (Lipinski definition) is 1. The van der Waals surface area contributed by atoms with E-state index < -0.39 is 0 Å². The first-order valence-electron chi connectivity index (χ1n) is 4.11. The first-order chi connectivity index (χ1) is 4.42. The van der Waals surface area contributed by atoms with Gasteiger partial charge >= 0.3 is 0 Å². The maximum atomic E-state index is 9.56. The van der Waals surface area contributed by atoms with Crippen LogP contribution in [0.1, 0.15) is 41.0 Å². The second-order valence-corrected chi connectivity index (χ2v) is 3.90. The van der Waals surface area contributed by atoms with Crippen molar-refractivity contribution in [1.82, 2.24) is 0 Å². The number of hydrogen-bond acceptors (Lipinski definition) is 1. The summed E-state index contributed by atoms with van der Waals surface area (Å²) in [6.07, 6.45) is 0.693. The van der Waals surface area contributed by atoms with Gasteiger partial charge in [0, 0.05) is 0 Å². The van der Waals surface area contributed by atoms with Crippen molar-refractivity contribution in [3.8, 4) is 0 Å². The van der Waals surface area contributed by atoms with Crippen LogP contribution in [-0.4, -0.2) is 11.2 Å². The molecular formula is C9H20O. The second-order valence-electron chi connectivity index (χ2n) is 3.90. The molecule has 0 amide bonds. The van der Waals surface area contributed by atoms with Gasteiger partial charge in [-0.15, -0.1) is 0 Å². The van der Waals surface area contributed by atoms with E-state index in [0.717, 1.165) is 6.42 Å². The normalized spacial score (nSPS) is 15.9. The summed E-state index contributed by atoms with van der Waals surface area (Å²) in [4.78, 5) is 0. The summed E-state index contributed by atoms with van der Waals surface area (Å²) in [5.41, 5.74) is 0.0642. The number of rotatable bonds is 3. The number of aliphatic hydroxyl groups is 1. The third kappa shape index (κ3) is 1.98. The van der Waals surface area contributed by atoms with Gasteiger partial charge in [0.15, 0.2) is 0 Å². The average Bonchev–Trinajstić information content (AvgIpc) is 1.86. The van der Waals surface area contributed by atoms with Gasteiger partial charge in [-0.3, -0.25) is 0 Å². The summed E-state index contributed by atoms with van der Waals surface area (Å²) in [6.45, 7) is 10.6. The largest absolute Gasteiger partial charge is 0.393 e. The highest BCUT2D eigenvalue weighted by molar-refractivity contribution is 4.79. The molecule has 0 aromatic carbocycles. The molecule has 0 aliphatic rings. The zero-order valence-electron chi connectivity index (χ0n) is 7.81. The standard InChI is InChI=1S/C9H20O/c1-6-8(10)9(4,5)7(2)3/h7-8,10H,6H2,1-5H3/t8-/m0/s1. The lowest BCUT2D eigenvalue weighted by Crippen LogP contribution is -2.33. The molecular weight excluding hydrogens is 124 g/mol. The lowest BCUT2D eigenvalue weighted by Gasteiger charge is -2.33. The van der Waals surface area contributed by atoms with Crippen LogP contribution in [-0.2, 0) is 0 Å². The van der Waals surface area contributed by atoms with E-state index in [4.69, 9.17) is 0 Å². The molecule has 10 heavy (non-hydrogen) atoms. The van der Waals surface area contributed by atoms with Crippen LogP contribution in [0.25, 0.3) is 0 Å². The van der Waals surface area contributed by atoms with Crippen LogP contribution in [0.5, 0.6) is 0 Å². The fraction of sp³-hybridized carbons (Fsp3) is 1.00. The van der Waals surface area contributed by atoms with Gasteiger partial charge in [0.05, 0.1) is 6.10 Å². The molecule has 0 saturated heterocycles. The highest BCUT2D eigenvalue weighted by Crippen LogP contribution is 2.31. The van der Waals surface area contributed by atoms with E-state index in [0.29, 0.717) is 5.92 Å². The minimum absolute atomic E-state index is 0.0642. The van der Waals surface area contributed by atoms with Gasteiger partial charge in [-0.25, -0.2) is 0 Å². The molecule has 0 bridgehead atoms. The average molecular weight is 144 g/mol. The Morgan fingerprint density at radius 3 is 1.80 bits per heavy atom. The van der Waals surface area contributed by atoms with Crippen molar-refractivity contribution >= 4 is 0 Å². The van der Waals surface area contributed by atoms with E-state index in [2.05, 4.69) is 27.7 Å². The Hall–Kier alpha value is -0.0400. The summed E-state index contributed by atoms with van der Waals surface area (Å²) < 4.78 is 0. The van der Waals surface area contributed by atoms with E-state index in [9.17, 15) is 5.11 Å². The van der Waals surface area contributed by atoms with Gasteiger partial charge in [0.1, 0.15) is 0 Å². The molecule has 0 heterocycles. The summed E-state index contributed by atoms with van der Waals surface area (Å²) in [6, 6.07) is 0. The smallest absolute Gasteiger partial charge is 0.0591 e. The van der Waals surface area contributed by atoms with Crippen LogP contribution in [0.15, 0.2) is 0 Å². The van der Waals surface area contributed by atoms with Gasteiger partial charge in [-0.1, -0.05) is 34.6 Å². The van der Waals surface area contributed by atoms with Gasteiger partial charge in [0.2, 0.25) is 0 Å². The summed E-state index contributed by atoms with van der Waals surface area (Å²) in [7, 11) is 0. The lowest BCUT2D eigenvalue weighted by atomic mass is 9.75. The fourth-order valence-electron chi connectivity index (χ4n) is 0.911. The molecule has 1 N–H and O–H groups in total. The summed E-state index contributed by atoms with van der Waals surface area (Å²) >= 11 is 0. The Kier molecular flexibility index (Phi) is 3.37. The number of aliphatic hydroxyl groups excluding tert-OH is 1. The Balaban J connectivity index is 4.09. The molecule has 0 fully saturated rings. The van der Waals surface area contributed by atoms with Gasteiger partial charge in [-0.2, -0.15) is 0 Å². The Morgan fingerprint density at radius 1 is 1.30 bits per heavy atom. The van der Waals surface area contributed by atoms with Crippen LogP contribution >= 0.6 is 0 Å². The molecule has 0 spiro atoms. The minimum atomic E-state index is -0.160. The molecule has 0 radical (unpaired) electrons. The summed E-state index contributed by atoms with van der Waals surface area (Å²) in [5, 5.41) is 9.56. The molecule has 1 atom stereocenters. The van der Waals surface area contributed by atoms with E-state index in [-0.39, 0.29) is 11.5 Å². The van der Waals surface area contributed by atoms with Crippen molar-refractivity contribution in [3.63, 3.8) is 0 Å². The molecule has 1 heteroatoms. The maximum Gasteiger partial charge on any atom is 0.0591 e.